The maximum Gasteiger partial charge on any atom is 0.325 e. The molecule has 2 rings (SSSR count). The monoisotopic (exact) mass is 298 g/mol. The Morgan fingerprint density at radius 2 is 2.19 bits per heavy atom. The third kappa shape index (κ3) is 4.41. The second-order valence-electron chi connectivity index (χ2n) is 6.54. The molecule has 1 heterocycles. The predicted octanol–water partition coefficient (Wildman–Crippen LogP) is 1.69. The van der Waals surface area contributed by atoms with Gasteiger partial charge in [0.1, 0.15) is 5.54 Å². The summed E-state index contributed by atoms with van der Waals surface area (Å²) in [6.07, 6.45) is 7.04. The molecule has 1 saturated carbocycles. The van der Waals surface area contributed by atoms with Crippen molar-refractivity contribution in [2.75, 3.05) is 26.3 Å². The van der Waals surface area contributed by atoms with Gasteiger partial charge in [0.2, 0.25) is 0 Å². The van der Waals surface area contributed by atoms with Gasteiger partial charge in [0.15, 0.2) is 0 Å². The van der Waals surface area contributed by atoms with Crippen molar-refractivity contribution in [1.82, 2.24) is 4.90 Å². The molecule has 5 nitrogen and oxygen atoms in total. The Hall–Kier alpha value is -0.650. The van der Waals surface area contributed by atoms with Crippen molar-refractivity contribution in [3.8, 4) is 0 Å². The van der Waals surface area contributed by atoms with Gasteiger partial charge in [-0.25, -0.2) is 0 Å². The molecule has 0 amide bonds. The first-order chi connectivity index (χ1) is 10.0. The zero-order chi connectivity index (χ0) is 15.3. The molecule has 1 aliphatic carbocycles. The average Bonchev–Trinajstić information content (AvgIpc) is 2.47. The molecule has 0 spiro atoms. The molecular weight excluding hydrogens is 268 g/mol. The Morgan fingerprint density at radius 3 is 2.95 bits per heavy atom. The second-order valence-corrected chi connectivity index (χ2v) is 6.54. The van der Waals surface area contributed by atoms with E-state index in [2.05, 4.69) is 4.90 Å². The number of hydrogen-bond acceptors (Lipinski definition) is 5. The summed E-state index contributed by atoms with van der Waals surface area (Å²) < 4.78 is 10.9. The molecule has 2 aliphatic rings. The highest BCUT2D eigenvalue weighted by Crippen LogP contribution is 2.28. The molecule has 2 N–H and O–H groups in total. The second kappa shape index (κ2) is 7.56. The van der Waals surface area contributed by atoms with Crippen LogP contribution in [0.1, 0.15) is 52.4 Å². The highest BCUT2D eigenvalue weighted by molar-refractivity contribution is 5.79. The lowest BCUT2D eigenvalue weighted by atomic mass is 9.89. The molecule has 2 fully saturated rings. The first-order valence-electron chi connectivity index (χ1n) is 8.36. The van der Waals surface area contributed by atoms with Gasteiger partial charge in [-0.15, -0.1) is 0 Å². The van der Waals surface area contributed by atoms with Crippen molar-refractivity contribution >= 4 is 5.97 Å². The van der Waals surface area contributed by atoms with Crippen LogP contribution in [0.2, 0.25) is 0 Å². The first kappa shape index (κ1) is 16.7. The van der Waals surface area contributed by atoms with Crippen molar-refractivity contribution in [3.05, 3.63) is 0 Å². The average molecular weight is 298 g/mol. The van der Waals surface area contributed by atoms with Crippen LogP contribution in [0.5, 0.6) is 0 Å². The van der Waals surface area contributed by atoms with E-state index in [1.165, 1.54) is 25.7 Å². The van der Waals surface area contributed by atoms with E-state index < -0.39 is 5.54 Å². The third-order valence-electron chi connectivity index (χ3n) is 4.73. The van der Waals surface area contributed by atoms with E-state index in [4.69, 9.17) is 15.2 Å². The lowest BCUT2D eigenvalue weighted by Gasteiger charge is -2.44. The Morgan fingerprint density at radius 1 is 1.43 bits per heavy atom. The minimum Gasteiger partial charge on any atom is -0.465 e. The van der Waals surface area contributed by atoms with Crippen molar-refractivity contribution in [2.24, 2.45) is 5.73 Å². The maximum atomic E-state index is 11.8. The highest BCUT2D eigenvalue weighted by atomic mass is 16.5. The summed E-state index contributed by atoms with van der Waals surface area (Å²) >= 11 is 0. The van der Waals surface area contributed by atoms with Crippen molar-refractivity contribution in [3.63, 3.8) is 0 Å². The summed E-state index contributed by atoms with van der Waals surface area (Å²) in [6.45, 7) is 6.80. The van der Waals surface area contributed by atoms with Crippen LogP contribution in [0.25, 0.3) is 0 Å². The van der Waals surface area contributed by atoms with Gasteiger partial charge >= 0.3 is 5.97 Å². The van der Waals surface area contributed by atoms with Crippen LogP contribution in [-0.4, -0.2) is 54.9 Å². The normalized spacial score (nSPS) is 29.5. The summed E-state index contributed by atoms with van der Waals surface area (Å²) in [6, 6.07) is 0.569. The van der Waals surface area contributed by atoms with Crippen LogP contribution in [-0.2, 0) is 14.3 Å². The van der Waals surface area contributed by atoms with Crippen LogP contribution in [0.15, 0.2) is 0 Å². The number of hydrogen-bond donors (Lipinski definition) is 1. The molecule has 0 aromatic rings. The van der Waals surface area contributed by atoms with Gasteiger partial charge in [0, 0.05) is 12.6 Å². The van der Waals surface area contributed by atoms with E-state index in [1.54, 1.807) is 6.92 Å². The predicted molar refractivity (Wildman–Crippen MR) is 82.0 cm³/mol. The smallest absolute Gasteiger partial charge is 0.325 e. The van der Waals surface area contributed by atoms with Gasteiger partial charge in [0.25, 0.3) is 0 Å². The van der Waals surface area contributed by atoms with E-state index in [-0.39, 0.29) is 5.97 Å². The van der Waals surface area contributed by atoms with E-state index in [0.717, 1.165) is 26.1 Å². The number of ether oxygens (including phenoxy) is 2. The quantitative estimate of drug-likeness (QED) is 0.756. The third-order valence-corrected chi connectivity index (χ3v) is 4.73. The van der Waals surface area contributed by atoms with Crippen LogP contribution in [0, 0.1) is 0 Å². The fourth-order valence-corrected chi connectivity index (χ4v) is 3.50. The molecule has 3 atom stereocenters. The SMILES string of the molecule is CCOC(=O)C(C)(N)CCCN1CCOC2CCCCC21. The van der Waals surface area contributed by atoms with Gasteiger partial charge in [-0.05, 0) is 46.1 Å². The minimum absolute atomic E-state index is 0.289. The molecule has 3 unspecified atom stereocenters. The fourth-order valence-electron chi connectivity index (χ4n) is 3.50. The molecule has 0 radical (unpaired) electrons. The number of carbonyl (C=O) groups is 1. The molecule has 0 bridgehead atoms. The molecule has 21 heavy (non-hydrogen) atoms. The molecule has 1 saturated heterocycles. The van der Waals surface area contributed by atoms with Crippen LogP contribution < -0.4 is 5.73 Å². The number of nitrogens with two attached hydrogens (primary N) is 1. The largest absolute Gasteiger partial charge is 0.465 e. The summed E-state index contributed by atoms with van der Waals surface area (Å²) in [5.74, 6) is -0.289. The summed E-state index contributed by atoms with van der Waals surface area (Å²) in [5.41, 5.74) is 5.21. The van der Waals surface area contributed by atoms with Crippen LogP contribution >= 0.6 is 0 Å². The minimum atomic E-state index is -0.867. The topological polar surface area (TPSA) is 64.8 Å². The summed E-state index contributed by atoms with van der Waals surface area (Å²) in [5, 5.41) is 0. The number of rotatable bonds is 6. The van der Waals surface area contributed by atoms with Gasteiger partial charge in [-0.2, -0.15) is 0 Å². The highest BCUT2D eigenvalue weighted by Gasteiger charge is 2.35. The fraction of sp³-hybridized carbons (Fsp3) is 0.938. The lowest BCUT2D eigenvalue weighted by Crippen LogP contribution is -2.53. The molecular formula is C16H30N2O3. The number of nitrogens with zero attached hydrogens (tertiary/aromatic N) is 1. The van der Waals surface area contributed by atoms with Crippen molar-refractivity contribution in [1.29, 1.82) is 0 Å². The van der Waals surface area contributed by atoms with Crippen LogP contribution in [0.3, 0.4) is 0 Å². The number of carbonyl (C=O) groups excluding carboxylic acids is 1. The Labute approximate surface area is 128 Å². The number of morpholine rings is 1. The zero-order valence-electron chi connectivity index (χ0n) is 13.5. The van der Waals surface area contributed by atoms with E-state index in [9.17, 15) is 4.79 Å². The molecule has 0 aromatic heterocycles. The standard InChI is InChI=1S/C16H30N2O3/c1-3-20-15(19)16(2,17)9-6-10-18-11-12-21-14-8-5-4-7-13(14)18/h13-14H,3-12,17H2,1-2H3. The van der Waals surface area contributed by atoms with Crippen molar-refractivity contribution < 1.29 is 14.3 Å². The zero-order valence-corrected chi connectivity index (χ0v) is 13.5. The van der Waals surface area contributed by atoms with Gasteiger partial charge in [0.05, 0.1) is 19.3 Å². The van der Waals surface area contributed by atoms with Gasteiger partial charge in [-0.3, -0.25) is 9.69 Å². The first-order valence-corrected chi connectivity index (χ1v) is 8.36. The summed E-state index contributed by atoms with van der Waals surface area (Å²) in [4.78, 5) is 14.3. The summed E-state index contributed by atoms with van der Waals surface area (Å²) in [7, 11) is 0. The number of fused-ring (bicyclic) bond motifs is 1. The molecule has 0 aromatic carbocycles. The molecule has 5 heteroatoms. The Balaban J connectivity index is 1.78. The number of esters is 1. The van der Waals surface area contributed by atoms with E-state index >= 15 is 0 Å². The lowest BCUT2D eigenvalue weighted by molar-refractivity contribution is -0.149. The van der Waals surface area contributed by atoms with Crippen LogP contribution in [0.4, 0.5) is 0 Å². The van der Waals surface area contributed by atoms with Crippen molar-refractivity contribution in [2.45, 2.75) is 70.1 Å². The molecule has 122 valence electrons. The molecule has 1 aliphatic heterocycles. The van der Waals surface area contributed by atoms with Gasteiger partial charge in [-0.1, -0.05) is 12.8 Å². The van der Waals surface area contributed by atoms with E-state index in [0.29, 0.717) is 25.2 Å². The maximum absolute atomic E-state index is 11.8. The Kier molecular flexibility index (Phi) is 6.02. The van der Waals surface area contributed by atoms with E-state index in [1.807, 2.05) is 6.92 Å². The van der Waals surface area contributed by atoms with Gasteiger partial charge < -0.3 is 15.2 Å². The Bertz CT molecular complexity index is 344.